The van der Waals surface area contributed by atoms with Gasteiger partial charge in [0.15, 0.2) is 23.2 Å². The van der Waals surface area contributed by atoms with E-state index in [1.165, 1.54) is 30.3 Å². The van der Waals surface area contributed by atoms with Gasteiger partial charge in [0.2, 0.25) is 0 Å². The van der Waals surface area contributed by atoms with Gasteiger partial charge in [-0.25, -0.2) is 4.79 Å². The van der Waals surface area contributed by atoms with E-state index in [9.17, 15) is 24.3 Å². The number of thiocarbonyl (C=S) groups is 1. The number of ether oxygens (including phenoxy) is 2. The molecule has 0 radical (unpaired) electrons. The van der Waals surface area contributed by atoms with Crippen molar-refractivity contribution in [3.8, 4) is 11.5 Å². The van der Waals surface area contributed by atoms with Crippen LogP contribution in [-0.2, 0) is 14.4 Å². The maximum Gasteiger partial charge on any atom is 0.335 e. The maximum absolute atomic E-state index is 13.4. The molecular formula is C28H22IN3O7S. The fourth-order valence-electron chi connectivity index (χ4n) is 3.77. The fourth-order valence-corrected chi connectivity index (χ4v) is 4.83. The molecule has 1 saturated heterocycles. The van der Waals surface area contributed by atoms with Crippen molar-refractivity contribution < 1.29 is 33.8 Å². The minimum absolute atomic E-state index is 0.0421. The predicted molar refractivity (Wildman–Crippen MR) is 160 cm³/mol. The lowest BCUT2D eigenvalue weighted by Gasteiger charge is -2.29. The molecule has 0 bridgehead atoms. The molecule has 12 heteroatoms. The largest absolute Gasteiger partial charge is 0.490 e. The van der Waals surface area contributed by atoms with Crippen LogP contribution in [0, 0.1) is 3.57 Å². The molecule has 0 aliphatic carbocycles. The molecule has 0 unspecified atom stereocenters. The maximum atomic E-state index is 13.4. The summed E-state index contributed by atoms with van der Waals surface area (Å²) < 4.78 is 12.1. The number of nitrogens with zero attached hydrogens (tertiary/aromatic N) is 1. The summed E-state index contributed by atoms with van der Waals surface area (Å²) in [6, 6.07) is 17.9. The number of carboxylic acid groups (broad SMARTS) is 1. The minimum Gasteiger partial charge on any atom is -0.490 e. The Morgan fingerprint density at radius 1 is 1.07 bits per heavy atom. The van der Waals surface area contributed by atoms with Gasteiger partial charge in [-0.1, -0.05) is 24.3 Å². The molecule has 0 aromatic heterocycles. The van der Waals surface area contributed by atoms with E-state index in [4.69, 9.17) is 21.7 Å². The van der Waals surface area contributed by atoms with E-state index in [-0.39, 0.29) is 34.5 Å². The van der Waals surface area contributed by atoms with Crippen LogP contribution in [0.4, 0.5) is 11.4 Å². The molecular weight excluding hydrogens is 649 g/mol. The normalized spacial score (nSPS) is 14.1. The summed E-state index contributed by atoms with van der Waals surface area (Å²) in [5.74, 6) is -2.30. The van der Waals surface area contributed by atoms with Gasteiger partial charge in [-0.2, -0.15) is 0 Å². The minimum atomic E-state index is -1.17. The summed E-state index contributed by atoms with van der Waals surface area (Å²) >= 11 is 7.22. The first-order valence-corrected chi connectivity index (χ1v) is 13.4. The third kappa shape index (κ3) is 6.63. The van der Waals surface area contributed by atoms with Gasteiger partial charge < -0.3 is 19.9 Å². The van der Waals surface area contributed by atoms with Crippen molar-refractivity contribution >= 4 is 81.1 Å². The van der Waals surface area contributed by atoms with Gasteiger partial charge in [-0.3, -0.25) is 24.6 Å². The first kappa shape index (κ1) is 28.7. The van der Waals surface area contributed by atoms with Crippen LogP contribution >= 0.6 is 34.8 Å². The zero-order chi connectivity index (χ0) is 28.8. The molecule has 1 aliphatic heterocycles. The number of nitrogens with one attached hydrogen (secondary N) is 2. The number of carbonyl (C=O) groups excluding carboxylic acids is 3. The Labute approximate surface area is 248 Å². The second kappa shape index (κ2) is 12.7. The van der Waals surface area contributed by atoms with Gasteiger partial charge in [-0.15, -0.1) is 0 Å². The summed E-state index contributed by atoms with van der Waals surface area (Å²) in [7, 11) is 0. The number of halogens is 1. The van der Waals surface area contributed by atoms with Crippen molar-refractivity contribution in [1.82, 2.24) is 5.32 Å². The van der Waals surface area contributed by atoms with Crippen molar-refractivity contribution in [2.24, 2.45) is 0 Å². The van der Waals surface area contributed by atoms with Crippen LogP contribution < -0.4 is 25.0 Å². The number of benzene rings is 3. The van der Waals surface area contributed by atoms with E-state index in [2.05, 4.69) is 10.6 Å². The molecule has 40 heavy (non-hydrogen) atoms. The molecule has 3 aromatic carbocycles. The van der Waals surface area contributed by atoms with Crippen LogP contribution in [0.25, 0.3) is 6.08 Å². The highest BCUT2D eigenvalue weighted by molar-refractivity contribution is 14.1. The van der Waals surface area contributed by atoms with E-state index < -0.39 is 17.8 Å². The topological polar surface area (TPSA) is 134 Å². The number of hydrogen-bond donors (Lipinski definition) is 3. The third-order valence-corrected chi connectivity index (χ3v) is 6.59. The summed E-state index contributed by atoms with van der Waals surface area (Å²) in [5.41, 5.74) is 1.03. The average molecular weight is 671 g/mol. The van der Waals surface area contributed by atoms with Crippen LogP contribution in [0.2, 0.25) is 0 Å². The van der Waals surface area contributed by atoms with Gasteiger partial charge in [0.1, 0.15) is 5.57 Å². The number of carboxylic acids is 1. The van der Waals surface area contributed by atoms with Gasteiger partial charge in [0.05, 0.1) is 21.4 Å². The van der Waals surface area contributed by atoms with Crippen LogP contribution in [0.1, 0.15) is 22.8 Å². The molecule has 0 saturated carbocycles. The average Bonchev–Trinajstić information content (AvgIpc) is 2.91. The molecule has 0 atom stereocenters. The van der Waals surface area contributed by atoms with Crippen LogP contribution in [0.5, 0.6) is 11.5 Å². The Kier molecular flexibility index (Phi) is 9.11. The Morgan fingerprint density at radius 2 is 1.82 bits per heavy atom. The third-order valence-electron chi connectivity index (χ3n) is 5.50. The first-order valence-electron chi connectivity index (χ1n) is 11.9. The molecule has 3 aromatic rings. The van der Waals surface area contributed by atoms with E-state index in [0.717, 1.165) is 4.90 Å². The number of carbonyl (C=O) groups is 4. The number of rotatable bonds is 9. The van der Waals surface area contributed by atoms with Crippen molar-refractivity contribution in [2.75, 3.05) is 23.4 Å². The number of aromatic carboxylic acids is 1. The zero-order valence-corrected chi connectivity index (χ0v) is 23.9. The quantitative estimate of drug-likeness (QED) is 0.133. The molecule has 3 N–H and O–H groups in total. The molecule has 204 valence electrons. The molecule has 4 rings (SSSR count). The lowest BCUT2D eigenvalue weighted by Crippen LogP contribution is -2.54. The lowest BCUT2D eigenvalue weighted by atomic mass is 10.1. The first-order chi connectivity index (χ1) is 19.2. The summed E-state index contributed by atoms with van der Waals surface area (Å²) in [6.45, 7) is 1.81. The molecule has 1 aliphatic rings. The highest BCUT2D eigenvalue weighted by atomic mass is 127. The molecule has 0 spiro atoms. The van der Waals surface area contributed by atoms with Crippen molar-refractivity contribution in [3.63, 3.8) is 0 Å². The van der Waals surface area contributed by atoms with Gasteiger partial charge in [-0.05, 0) is 95.8 Å². The number of anilines is 2. The molecule has 10 nitrogen and oxygen atoms in total. The lowest BCUT2D eigenvalue weighted by molar-refractivity contribution is -0.122. The Hall–Kier alpha value is -4.30. The van der Waals surface area contributed by atoms with Crippen molar-refractivity contribution in [2.45, 2.75) is 6.92 Å². The smallest absolute Gasteiger partial charge is 0.335 e. The second-order valence-electron chi connectivity index (χ2n) is 8.28. The van der Waals surface area contributed by atoms with E-state index in [1.54, 1.807) is 43.3 Å². The highest BCUT2D eigenvalue weighted by Crippen LogP contribution is 2.35. The van der Waals surface area contributed by atoms with Gasteiger partial charge in [0.25, 0.3) is 17.7 Å². The van der Waals surface area contributed by atoms with Crippen LogP contribution in [0.3, 0.4) is 0 Å². The van der Waals surface area contributed by atoms with Crippen LogP contribution in [0.15, 0.2) is 72.3 Å². The number of para-hydroxylation sites is 1. The summed E-state index contributed by atoms with van der Waals surface area (Å²) in [4.78, 5) is 51.0. The van der Waals surface area contributed by atoms with E-state index in [0.29, 0.717) is 32.9 Å². The summed E-state index contributed by atoms with van der Waals surface area (Å²) in [6.07, 6.45) is 1.38. The number of amides is 3. The Bertz CT molecular complexity index is 1540. The van der Waals surface area contributed by atoms with Crippen molar-refractivity contribution in [1.29, 1.82) is 0 Å². The Morgan fingerprint density at radius 3 is 2.52 bits per heavy atom. The molecule has 1 fully saturated rings. The SMILES string of the molecule is CCOc1cc(C=C2C(=O)NC(=S)N(c3cccc(C(=O)O)c3)C2=O)cc(I)c1OCC(=O)Nc1ccccc1. The molecule has 3 amide bonds. The zero-order valence-electron chi connectivity index (χ0n) is 21.0. The fraction of sp³-hybridized carbons (Fsp3) is 0.107. The number of hydrogen-bond acceptors (Lipinski definition) is 7. The van der Waals surface area contributed by atoms with Gasteiger partial charge in [0, 0.05) is 5.69 Å². The summed E-state index contributed by atoms with van der Waals surface area (Å²) in [5, 5.41) is 14.4. The Balaban J connectivity index is 1.60. The van der Waals surface area contributed by atoms with Crippen molar-refractivity contribution in [3.05, 3.63) is 87.0 Å². The second-order valence-corrected chi connectivity index (χ2v) is 9.83. The predicted octanol–water partition coefficient (Wildman–Crippen LogP) is 4.24. The monoisotopic (exact) mass is 671 g/mol. The van der Waals surface area contributed by atoms with E-state index >= 15 is 0 Å². The van der Waals surface area contributed by atoms with Crippen LogP contribution in [-0.4, -0.2) is 47.1 Å². The van der Waals surface area contributed by atoms with E-state index in [1.807, 2.05) is 28.7 Å². The van der Waals surface area contributed by atoms with Gasteiger partial charge >= 0.3 is 5.97 Å². The standard InChI is InChI=1S/C28H22IN3O7S/c1-2-38-22-13-16(12-21(29)24(22)39-15-23(33)30-18-8-4-3-5-9-18)11-20-25(34)31-28(40)32(26(20)35)19-10-6-7-17(14-19)27(36)37/h3-14H,2,15H2,1H3,(H,30,33)(H,36,37)(H,31,34,40). The molecule has 1 heterocycles. The highest BCUT2D eigenvalue weighted by Gasteiger charge is 2.35.